The Morgan fingerprint density at radius 2 is 1.80 bits per heavy atom. The standard InChI is InChI=1S/C15H15NO3S/c1-9-10(2)20-8-13(9)14(17)16-12-6-4-11(5-7-12)15(18)19-3/h4-8H,1-3H3,(H,16,17). The van der Waals surface area contributed by atoms with Crippen LogP contribution in [0.1, 0.15) is 31.2 Å². The van der Waals surface area contributed by atoms with E-state index in [2.05, 4.69) is 10.1 Å². The number of esters is 1. The monoisotopic (exact) mass is 289 g/mol. The van der Waals surface area contributed by atoms with Crippen LogP contribution in [0.5, 0.6) is 0 Å². The first kappa shape index (κ1) is 14.3. The minimum Gasteiger partial charge on any atom is -0.465 e. The van der Waals surface area contributed by atoms with Crippen LogP contribution < -0.4 is 5.32 Å². The van der Waals surface area contributed by atoms with Gasteiger partial charge in [0.25, 0.3) is 5.91 Å². The van der Waals surface area contributed by atoms with E-state index in [0.717, 1.165) is 10.4 Å². The SMILES string of the molecule is COC(=O)c1ccc(NC(=O)c2csc(C)c2C)cc1. The maximum absolute atomic E-state index is 12.1. The van der Waals surface area contributed by atoms with Gasteiger partial charge in [-0.3, -0.25) is 4.79 Å². The van der Waals surface area contributed by atoms with E-state index < -0.39 is 5.97 Å². The van der Waals surface area contributed by atoms with Crippen molar-refractivity contribution in [3.8, 4) is 0 Å². The van der Waals surface area contributed by atoms with Gasteiger partial charge < -0.3 is 10.1 Å². The Balaban J connectivity index is 2.12. The van der Waals surface area contributed by atoms with Gasteiger partial charge in [-0.05, 0) is 43.7 Å². The zero-order valence-electron chi connectivity index (χ0n) is 11.5. The van der Waals surface area contributed by atoms with Crippen molar-refractivity contribution >= 4 is 28.9 Å². The summed E-state index contributed by atoms with van der Waals surface area (Å²) < 4.78 is 4.62. The van der Waals surface area contributed by atoms with Crippen LogP contribution in [-0.2, 0) is 4.74 Å². The van der Waals surface area contributed by atoms with E-state index >= 15 is 0 Å². The van der Waals surface area contributed by atoms with Gasteiger partial charge in [0, 0.05) is 15.9 Å². The smallest absolute Gasteiger partial charge is 0.337 e. The lowest BCUT2D eigenvalue weighted by Gasteiger charge is -2.06. The maximum atomic E-state index is 12.1. The second-order valence-electron chi connectivity index (χ2n) is 4.35. The highest BCUT2D eigenvalue weighted by molar-refractivity contribution is 7.10. The van der Waals surface area contributed by atoms with Crippen LogP contribution in [0, 0.1) is 13.8 Å². The summed E-state index contributed by atoms with van der Waals surface area (Å²) in [6.07, 6.45) is 0. The molecule has 2 rings (SSSR count). The summed E-state index contributed by atoms with van der Waals surface area (Å²) in [6.45, 7) is 3.92. The van der Waals surface area contributed by atoms with Crippen molar-refractivity contribution in [3.05, 3.63) is 51.2 Å². The highest BCUT2D eigenvalue weighted by atomic mass is 32.1. The van der Waals surface area contributed by atoms with E-state index in [-0.39, 0.29) is 5.91 Å². The van der Waals surface area contributed by atoms with Crippen molar-refractivity contribution in [1.29, 1.82) is 0 Å². The van der Waals surface area contributed by atoms with Gasteiger partial charge in [0.15, 0.2) is 0 Å². The Morgan fingerprint density at radius 1 is 1.15 bits per heavy atom. The fourth-order valence-corrected chi connectivity index (χ4v) is 2.61. The minimum atomic E-state index is -0.396. The van der Waals surface area contributed by atoms with Crippen LogP contribution in [0.25, 0.3) is 0 Å². The number of methoxy groups -OCH3 is 1. The average Bonchev–Trinajstić information content (AvgIpc) is 2.79. The molecule has 5 heteroatoms. The Bertz CT molecular complexity index is 644. The number of hydrogen-bond acceptors (Lipinski definition) is 4. The summed E-state index contributed by atoms with van der Waals surface area (Å²) in [7, 11) is 1.33. The molecule has 1 aromatic heterocycles. The Kier molecular flexibility index (Phi) is 4.20. The highest BCUT2D eigenvalue weighted by Gasteiger charge is 2.13. The van der Waals surface area contributed by atoms with E-state index in [1.165, 1.54) is 7.11 Å². The zero-order valence-corrected chi connectivity index (χ0v) is 12.3. The van der Waals surface area contributed by atoms with Crippen LogP contribution in [-0.4, -0.2) is 19.0 Å². The van der Waals surface area contributed by atoms with Gasteiger partial charge in [0.05, 0.1) is 18.2 Å². The number of hydrogen-bond donors (Lipinski definition) is 1. The van der Waals surface area contributed by atoms with Crippen LogP contribution in [0.4, 0.5) is 5.69 Å². The normalized spacial score (nSPS) is 10.2. The topological polar surface area (TPSA) is 55.4 Å². The number of ether oxygens (including phenoxy) is 1. The van der Waals surface area contributed by atoms with Crippen molar-refractivity contribution < 1.29 is 14.3 Å². The number of carbonyl (C=O) groups is 2. The molecule has 0 saturated carbocycles. The molecule has 4 nitrogen and oxygen atoms in total. The first-order valence-corrected chi connectivity index (χ1v) is 6.95. The fraction of sp³-hybridized carbons (Fsp3) is 0.200. The molecule has 104 valence electrons. The van der Waals surface area contributed by atoms with Gasteiger partial charge in [0.2, 0.25) is 0 Å². The Hall–Kier alpha value is -2.14. The number of rotatable bonds is 3. The molecule has 0 unspecified atom stereocenters. The van der Waals surface area contributed by atoms with E-state index in [9.17, 15) is 9.59 Å². The summed E-state index contributed by atoms with van der Waals surface area (Å²) >= 11 is 1.56. The van der Waals surface area contributed by atoms with Gasteiger partial charge in [-0.2, -0.15) is 0 Å². The van der Waals surface area contributed by atoms with Gasteiger partial charge >= 0.3 is 5.97 Å². The molecule has 0 spiro atoms. The molecule has 0 aliphatic rings. The van der Waals surface area contributed by atoms with Crippen molar-refractivity contribution in [3.63, 3.8) is 0 Å². The molecule has 0 aliphatic heterocycles. The molecular weight excluding hydrogens is 274 g/mol. The highest BCUT2D eigenvalue weighted by Crippen LogP contribution is 2.21. The first-order chi connectivity index (χ1) is 9.52. The molecule has 1 amide bonds. The van der Waals surface area contributed by atoms with Crippen LogP contribution in [0.3, 0.4) is 0 Å². The number of nitrogens with one attached hydrogen (secondary N) is 1. The van der Waals surface area contributed by atoms with E-state index in [1.54, 1.807) is 35.6 Å². The number of thiophene rings is 1. The predicted octanol–water partition coefficient (Wildman–Crippen LogP) is 3.40. The van der Waals surface area contributed by atoms with Crippen molar-refractivity contribution in [2.24, 2.45) is 0 Å². The van der Waals surface area contributed by atoms with Crippen molar-refractivity contribution in [2.45, 2.75) is 13.8 Å². The molecule has 20 heavy (non-hydrogen) atoms. The summed E-state index contributed by atoms with van der Waals surface area (Å²) in [5.41, 5.74) is 2.78. The number of amides is 1. The lowest BCUT2D eigenvalue weighted by Crippen LogP contribution is -2.12. The van der Waals surface area contributed by atoms with Gasteiger partial charge in [-0.15, -0.1) is 11.3 Å². The third-order valence-electron chi connectivity index (χ3n) is 3.09. The number of anilines is 1. The molecule has 0 radical (unpaired) electrons. The molecule has 0 fully saturated rings. The van der Waals surface area contributed by atoms with Crippen LogP contribution in [0.2, 0.25) is 0 Å². The average molecular weight is 289 g/mol. The second kappa shape index (κ2) is 5.88. The number of aryl methyl sites for hydroxylation is 1. The quantitative estimate of drug-likeness (QED) is 0.881. The van der Waals surface area contributed by atoms with Gasteiger partial charge in [-0.25, -0.2) is 4.79 Å². The van der Waals surface area contributed by atoms with E-state index in [1.807, 2.05) is 19.2 Å². The van der Waals surface area contributed by atoms with Crippen LogP contribution in [0.15, 0.2) is 29.6 Å². The summed E-state index contributed by atoms with van der Waals surface area (Å²) in [5.74, 6) is -0.537. The van der Waals surface area contributed by atoms with Gasteiger partial charge in [0.1, 0.15) is 0 Å². The molecule has 2 aromatic rings. The molecule has 0 aliphatic carbocycles. The van der Waals surface area contributed by atoms with Gasteiger partial charge in [-0.1, -0.05) is 0 Å². The first-order valence-electron chi connectivity index (χ1n) is 6.07. The molecule has 1 heterocycles. The molecule has 1 aromatic carbocycles. The maximum Gasteiger partial charge on any atom is 0.337 e. The third-order valence-corrected chi connectivity index (χ3v) is 4.11. The van der Waals surface area contributed by atoms with Crippen molar-refractivity contribution in [2.75, 3.05) is 12.4 Å². The van der Waals surface area contributed by atoms with E-state index in [4.69, 9.17) is 0 Å². The fourth-order valence-electron chi connectivity index (χ4n) is 1.74. The summed E-state index contributed by atoms with van der Waals surface area (Å²) in [5, 5.41) is 4.66. The molecular formula is C15H15NO3S. The van der Waals surface area contributed by atoms with E-state index in [0.29, 0.717) is 16.8 Å². The number of benzene rings is 1. The molecule has 0 saturated heterocycles. The summed E-state index contributed by atoms with van der Waals surface area (Å²) in [4.78, 5) is 24.6. The molecule has 0 bridgehead atoms. The largest absolute Gasteiger partial charge is 0.465 e. The predicted molar refractivity (Wildman–Crippen MR) is 79.5 cm³/mol. The summed E-state index contributed by atoms with van der Waals surface area (Å²) in [6, 6.07) is 6.60. The molecule has 0 atom stereocenters. The minimum absolute atomic E-state index is 0.141. The zero-order chi connectivity index (χ0) is 14.7. The van der Waals surface area contributed by atoms with Crippen LogP contribution >= 0.6 is 11.3 Å². The molecule has 1 N–H and O–H groups in total. The second-order valence-corrected chi connectivity index (χ2v) is 5.44. The van der Waals surface area contributed by atoms with Crippen molar-refractivity contribution in [1.82, 2.24) is 0 Å². The lowest BCUT2D eigenvalue weighted by atomic mass is 10.1. The number of carbonyl (C=O) groups excluding carboxylic acids is 2. The third kappa shape index (κ3) is 2.88. The Morgan fingerprint density at radius 3 is 2.30 bits per heavy atom. The Labute approximate surface area is 121 Å². The lowest BCUT2D eigenvalue weighted by molar-refractivity contribution is 0.0600.